The fourth-order valence-corrected chi connectivity index (χ4v) is 4.22. The first-order valence-corrected chi connectivity index (χ1v) is 11.0. The Balaban J connectivity index is 1.19. The van der Waals surface area contributed by atoms with Crippen molar-refractivity contribution in [1.29, 1.82) is 0 Å². The van der Waals surface area contributed by atoms with E-state index in [0.717, 1.165) is 56.7 Å². The molecule has 2 aliphatic rings. The predicted octanol–water partition coefficient (Wildman–Crippen LogP) is 1.11. The number of ether oxygens (including phenoxy) is 1. The van der Waals surface area contributed by atoms with Crippen molar-refractivity contribution >= 4 is 22.7 Å². The van der Waals surface area contributed by atoms with Gasteiger partial charge in [0.25, 0.3) is 0 Å². The van der Waals surface area contributed by atoms with Gasteiger partial charge in [0, 0.05) is 57.6 Å². The number of likely N-dealkylation sites (tertiary alicyclic amines) is 1. The maximum absolute atomic E-state index is 12.6. The van der Waals surface area contributed by atoms with Crippen molar-refractivity contribution in [3.8, 4) is 0 Å². The first-order chi connectivity index (χ1) is 14.7. The number of carbonyl (C=O) groups is 2. The molecule has 0 bridgehead atoms. The summed E-state index contributed by atoms with van der Waals surface area (Å²) in [5.74, 6) is 0.111. The Morgan fingerprint density at radius 1 is 1.17 bits per heavy atom. The van der Waals surface area contributed by atoms with Crippen LogP contribution in [0.3, 0.4) is 0 Å². The molecule has 4 rings (SSSR count). The van der Waals surface area contributed by atoms with Gasteiger partial charge < -0.3 is 15.0 Å². The summed E-state index contributed by atoms with van der Waals surface area (Å²) >= 11 is 0. The molecule has 8 heteroatoms. The van der Waals surface area contributed by atoms with Gasteiger partial charge in [0.15, 0.2) is 0 Å². The molecule has 3 heterocycles. The van der Waals surface area contributed by atoms with Crippen LogP contribution in [0.15, 0.2) is 30.5 Å². The second-order valence-electron chi connectivity index (χ2n) is 8.10. The third-order valence-corrected chi connectivity index (χ3v) is 6.06. The summed E-state index contributed by atoms with van der Waals surface area (Å²) in [6, 6.07) is 8.13. The van der Waals surface area contributed by atoms with Crippen LogP contribution in [0.25, 0.3) is 10.9 Å². The van der Waals surface area contributed by atoms with Crippen LogP contribution >= 0.6 is 0 Å². The van der Waals surface area contributed by atoms with E-state index in [0.29, 0.717) is 32.5 Å². The Morgan fingerprint density at radius 2 is 2.00 bits per heavy atom. The van der Waals surface area contributed by atoms with Crippen molar-refractivity contribution < 1.29 is 14.3 Å². The normalized spacial score (nSPS) is 20.6. The molecule has 0 radical (unpaired) electrons. The second-order valence-corrected chi connectivity index (χ2v) is 8.10. The smallest absolute Gasteiger partial charge is 0.224 e. The summed E-state index contributed by atoms with van der Waals surface area (Å²) in [5, 5.41) is 8.62. The van der Waals surface area contributed by atoms with Gasteiger partial charge in [-0.2, -0.15) is 5.10 Å². The molecule has 2 aliphatic heterocycles. The summed E-state index contributed by atoms with van der Waals surface area (Å²) in [4.78, 5) is 29.1. The molecule has 1 N–H and O–H groups in total. The van der Waals surface area contributed by atoms with Crippen LogP contribution in [0, 0.1) is 5.92 Å². The van der Waals surface area contributed by atoms with Crippen molar-refractivity contribution in [1.82, 2.24) is 24.9 Å². The molecule has 162 valence electrons. The summed E-state index contributed by atoms with van der Waals surface area (Å²) in [6.07, 6.45) is 3.80. The van der Waals surface area contributed by atoms with Gasteiger partial charge in [0.2, 0.25) is 11.8 Å². The van der Waals surface area contributed by atoms with Crippen LogP contribution in [0.1, 0.15) is 19.3 Å². The molecule has 2 fully saturated rings. The largest absolute Gasteiger partial charge is 0.379 e. The maximum Gasteiger partial charge on any atom is 0.224 e. The lowest BCUT2D eigenvalue weighted by Gasteiger charge is -2.34. The van der Waals surface area contributed by atoms with Crippen LogP contribution in [0.2, 0.25) is 0 Å². The number of carbonyl (C=O) groups excluding carboxylic acids is 2. The van der Waals surface area contributed by atoms with Crippen LogP contribution in [0.5, 0.6) is 0 Å². The monoisotopic (exact) mass is 413 g/mol. The third kappa shape index (κ3) is 5.17. The molecular formula is C22H31N5O3. The Hall–Kier alpha value is -2.45. The Kier molecular flexibility index (Phi) is 6.96. The van der Waals surface area contributed by atoms with Gasteiger partial charge >= 0.3 is 0 Å². The predicted molar refractivity (Wildman–Crippen MR) is 114 cm³/mol. The number of benzene rings is 1. The lowest BCUT2D eigenvalue weighted by molar-refractivity contribution is -0.138. The van der Waals surface area contributed by atoms with Crippen LogP contribution in [-0.4, -0.2) is 83.9 Å². The molecular weight excluding hydrogens is 382 g/mol. The summed E-state index contributed by atoms with van der Waals surface area (Å²) in [7, 11) is 0. The molecule has 2 amide bonds. The van der Waals surface area contributed by atoms with E-state index in [2.05, 4.69) is 27.4 Å². The highest BCUT2D eigenvalue weighted by Crippen LogP contribution is 2.18. The molecule has 0 spiro atoms. The highest BCUT2D eigenvalue weighted by molar-refractivity contribution is 5.83. The lowest BCUT2D eigenvalue weighted by atomic mass is 9.96. The number of aromatic nitrogens is 2. The molecule has 2 aromatic rings. The standard InChI is InChI=1S/C22H31N5O3/c28-21-7-6-19(17-26(21)11-10-25-12-14-30-15-13-25)22(29)23-8-3-9-27-20-5-2-1-4-18(20)16-24-27/h1-2,4-5,16,19H,3,6-15,17H2,(H,23,29)/t19-/m1/s1. The van der Waals surface area contributed by atoms with Crippen molar-refractivity contribution in [3.63, 3.8) is 0 Å². The topological polar surface area (TPSA) is 79.7 Å². The third-order valence-electron chi connectivity index (χ3n) is 6.06. The average Bonchev–Trinajstić information content (AvgIpc) is 3.20. The number of fused-ring (bicyclic) bond motifs is 1. The van der Waals surface area contributed by atoms with Gasteiger partial charge in [-0.3, -0.25) is 19.2 Å². The van der Waals surface area contributed by atoms with E-state index in [1.165, 1.54) is 0 Å². The zero-order valence-corrected chi connectivity index (χ0v) is 17.5. The minimum absolute atomic E-state index is 0.0594. The highest BCUT2D eigenvalue weighted by atomic mass is 16.5. The molecule has 1 atom stereocenters. The number of piperidine rings is 1. The molecule has 1 aromatic heterocycles. The van der Waals surface area contributed by atoms with Crippen LogP contribution < -0.4 is 5.32 Å². The number of hydrogen-bond donors (Lipinski definition) is 1. The zero-order valence-electron chi connectivity index (χ0n) is 17.5. The number of aryl methyl sites for hydroxylation is 1. The molecule has 8 nitrogen and oxygen atoms in total. The fraction of sp³-hybridized carbons (Fsp3) is 0.591. The highest BCUT2D eigenvalue weighted by Gasteiger charge is 2.30. The van der Waals surface area contributed by atoms with Crippen molar-refractivity contribution in [2.24, 2.45) is 5.92 Å². The number of para-hydroxylation sites is 1. The van der Waals surface area contributed by atoms with Gasteiger partial charge in [0.05, 0.1) is 30.8 Å². The van der Waals surface area contributed by atoms with Gasteiger partial charge in [0.1, 0.15) is 0 Å². The molecule has 0 saturated carbocycles. The first-order valence-electron chi connectivity index (χ1n) is 11.0. The molecule has 2 saturated heterocycles. The van der Waals surface area contributed by atoms with Crippen LogP contribution in [0.4, 0.5) is 0 Å². The molecule has 30 heavy (non-hydrogen) atoms. The van der Waals surface area contributed by atoms with E-state index in [1.54, 1.807) is 0 Å². The zero-order chi connectivity index (χ0) is 20.8. The van der Waals surface area contributed by atoms with Crippen molar-refractivity contribution in [2.75, 3.05) is 52.5 Å². The molecule has 1 aromatic carbocycles. The first kappa shape index (κ1) is 20.8. The average molecular weight is 414 g/mol. The SMILES string of the molecule is O=C(NCCCn1ncc2ccccc21)[C@@H]1CCC(=O)N(CCN2CCOCC2)C1. The van der Waals surface area contributed by atoms with E-state index in [1.807, 2.05) is 27.9 Å². The Morgan fingerprint density at radius 3 is 2.87 bits per heavy atom. The van der Waals surface area contributed by atoms with E-state index >= 15 is 0 Å². The summed E-state index contributed by atoms with van der Waals surface area (Å²) < 4.78 is 7.35. The van der Waals surface area contributed by atoms with Crippen molar-refractivity contribution in [2.45, 2.75) is 25.8 Å². The van der Waals surface area contributed by atoms with Crippen LogP contribution in [-0.2, 0) is 20.9 Å². The number of morpholine rings is 1. The van der Waals surface area contributed by atoms with Crippen molar-refractivity contribution in [3.05, 3.63) is 30.5 Å². The van der Waals surface area contributed by atoms with Gasteiger partial charge in [-0.1, -0.05) is 18.2 Å². The summed E-state index contributed by atoms with van der Waals surface area (Å²) in [5.41, 5.74) is 1.12. The number of amides is 2. The van der Waals surface area contributed by atoms with E-state index in [-0.39, 0.29) is 17.7 Å². The summed E-state index contributed by atoms with van der Waals surface area (Å²) in [6.45, 7) is 6.79. The van der Waals surface area contributed by atoms with Gasteiger partial charge in [-0.25, -0.2) is 0 Å². The van der Waals surface area contributed by atoms with Gasteiger partial charge in [-0.05, 0) is 18.9 Å². The Labute approximate surface area is 177 Å². The minimum Gasteiger partial charge on any atom is -0.379 e. The molecule has 0 unspecified atom stereocenters. The maximum atomic E-state index is 12.6. The van der Waals surface area contributed by atoms with Gasteiger partial charge in [-0.15, -0.1) is 0 Å². The lowest BCUT2D eigenvalue weighted by Crippen LogP contribution is -2.49. The number of hydrogen-bond acceptors (Lipinski definition) is 5. The quantitative estimate of drug-likeness (QED) is 0.656. The fourth-order valence-electron chi connectivity index (χ4n) is 4.22. The van der Waals surface area contributed by atoms with E-state index in [9.17, 15) is 9.59 Å². The number of nitrogens with one attached hydrogen (secondary N) is 1. The van der Waals surface area contributed by atoms with E-state index in [4.69, 9.17) is 4.74 Å². The molecule has 0 aliphatic carbocycles. The Bertz CT molecular complexity index is 861. The minimum atomic E-state index is -0.113. The second kappa shape index (κ2) is 10.0. The van der Waals surface area contributed by atoms with E-state index < -0.39 is 0 Å². The number of rotatable bonds is 8. The number of nitrogens with zero attached hydrogens (tertiary/aromatic N) is 4.